The smallest absolute Gasteiger partial charge is 0.306 e. The molecule has 0 radical (unpaired) electrons. The van der Waals surface area contributed by atoms with E-state index in [2.05, 4.69) is 0 Å². The molecule has 4 atom stereocenters. The minimum atomic E-state index is -3.64. The van der Waals surface area contributed by atoms with Crippen LogP contribution < -0.4 is 0 Å². The number of nitrogens with zero attached hydrogens (tertiary/aromatic N) is 1. The largest absolute Gasteiger partial charge is 0.481 e. The van der Waals surface area contributed by atoms with Gasteiger partial charge in [-0.3, -0.25) is 9.59 Å². The van der Waals surface area contributed by atoms with Crippen molar-refractivity contribution in [1.29, 1.82) is 0 Å². The van der Waals surface area contributed by atoms with Crippen molar-refractivity contribution in [1.82, 2.24) is 4.90 Å². The fourth-order valence-electron chi connectivity index (χ4n) is 4.57. The molecular weight excluding hydrogens is 537 g/mol. The van der Waals surface area contributed by atoms with Gasteiger partial charge in [-0.05, 0) is 69.5 Å². The van der Waals surface area contributed by atoms with Gasteiger partial charge in [0.25, 0.3) is 5.91 Å². The van der Waals surface area contributed by atoms with Crippen LogP contribution in [0.5, 0.6) is 0 Å². The Kier molecular flexibility index (Phi) is 8.69. The molecule has 0 saturated carbocycles. The SMILES string of the molecule is CC[C@@H](CS(=O)(=O)C(C)(C)C)N1C(=O)[C@](C)(CC(=O)O)O[C@H](c2cccc(Cl)c2)C1c1ccc(Cl)cc1. The van der Waals surface area contributed by atoms with Gasteiger partial charge in [0.15, 0.2) is 15.4 Å². The van der Waals surface area contributed by atoms with Crippen molar-refractivity contribution < 1.29 is 27.9 Å². The van der Waals surface area contributed by atoms with Crippen LogP contribution in [0.2, 0.25) is 10.0 Å². The average Bonchev–Trinajstić information content (AvgIpc) is 2.78. The first-order valence-corrected chi connectivity index (χ1v) is 14.5. The summed E-state index contributed by atoms with van der Waals surface area (Å²) < 4.78 is 31.9. The van der Waals surface area contributed by atoms with E-state index in [1.807, 2.05) is 6.92 Å². The molecule has 1 aliphatic heterocycles. The number of ether oxygens (including phenoxy) is 1. The molecule has 2 aromatic carbocycles. The number of carbonyl (C=O) groups is 2. The average molecular weight is 571 g/mol. The summed E-state index contributed by atoms with van der Waals surface area (Å²) >= 11 is 12.4. The van der Waals surface area contributed by atoms with Gasteiger partial charge in [0, 0.05) is 16.1 Å². The van der Waals surface area contributed by atoms with Gasteiger partial charge < -0.3 is 14.7 Å². The van der Waals surface area contributed by atoms with Crippen molar-refractivity contribution in [3.8, 4) is 0 Å². The maximum atomic E-state index is 14.1. The number of hydrogen-bond acceptors (Lipinski definition) is 5. The number of carboxylic acids is 1. The molecule has 1 N–H and O–H groups in total. The molecule has 1 unspecified atom stereocenters. The normalized spacial score (nSPS) is 23.6. The van der Waals surface area contributed by atoms with E-state index < -0.39 is 56.7 Å². The van der Waals surface area contributed by atoms with Crippen molar-refractivity contribution in [2.75, 3.05) is 5.75 Å². The minimum absolute atomic E-state index is 0.283. The van der Waals surface area contributed by atoms with Crippen LogP contribution in [0.4, 0.5) is 0 Å². The van der Waals surface area contributed by atoms with E-state index in [1.54, 1.807) is 69.3 Å². The van der Waals surface area contributed by atoms with Crippen LogP contribution in [-0.2, 0) is 24.2 Å². The summed E-state index contributed by atoms with van der Waals surface area (Å²) in [6.07, 6.45) is -1.08. The number of hydrogen-bond donors (Lipinski definition) is 1. The second kappa shape index (κ2) is 10.9. The Labute approximate surface area is 228 Å². The lowest BCUT2D eigenvalue weighted by Gasteiger charge is -2.51. The summed E-state index contributed by atoms with van der Waals surface area (Å²) in [6, 6.07) is 12.3. The lowest BCUT2D eigenvalue weighted by atomic mass is 9.86. The van der Waals surface area contributed by atoms with Crippen LogP contribution in [0.15, 0.2) is 48.5 Å². The number of carboxylic acid groups (broad SMARTS) is 1. The minimum Gasteiger partial charge on any atom is -0.481 e. The Morgan fingerprint density at radius 3 is 2.24 bits per heavy atom. The van der Waals surface area contributed by atoms with Gasteiger partial charge in [-0.25, -0.2) is 8.42 Å². The molecule has 0 aromatic heterocycles. The predicted octanol–water partition coefficient (Wildman–Crippen LogP) is 5.86. The zero-order valence-corrected chi connectivity index (χ0v) is 23.9. The monoisotopic (exact) mass is 569 g/mol. The molecule has 1 saturated heterocycles. The van der Waals surface area contributed by atoms with Crippen molar-refractivity contribution in [2.24, 2.45) is 0 Å². The quantitative estimate of drug-likeness (QED) is 0.427. The molecule has 0 bridgehead atoms. The molecule has 3 rings (SSSR count). The maximum absolute atomic E-state index is 14.1. The lowest BCUT2D eigenvalue weighted by molar-refractivity contribution is -0.206. The number of carbonyl (C=O) groups excluding carboxylic acids is 1. The highest BCUT2D eigenvalue weighted by Gasteiger charge is 2.54. The van der Waals surface area contributed by atoms with Gasteiger partial charge in [-0.15, -0.1) is 0 Å². The number of morpholine rings is 1. The van der Waals surface area contributed by atoms with Gasteiger partial charge in [-0.2, -0.15) is 0 Å². The van der Waals surface area contributed by atoms with Crippen LogP contribution >= 0.6 is 23.2 Å². The van der Waals surface area contributed by atoms with E-state index in [9.17, 15) is 23.1 Å². The third-order valence-corrected chi connectivity index (χ3v) is 9.92. The molecule has 1 heterocycles. The van der Waals surface area contributed by atoms with Crippen molar-refractivity contribution in [3.63, 3.8) is 0 Å². The summed E-state index contributed by atoms with van der Waals surface area (Å²) in [6.45, 7) is 8.12. The van der Waals surface area contributed by atoms with Crippen LogP contribution in [-0.4, -0.2) is 52.4 Å². The molecule has 2 aromatic rings. The Balaban J connectivity index is 2.27. The van der Waals surface area contributed by atoms with E-state index in [0.717, 1.165) is 0 Å². The van der Waals surface area contributed by atoms with Crippen molar-refractivity contribution >= 4 is 44.9 Å². The van der Waals surface area contributed by atoms with E-state index in [0.29, 0.717) is 27.6 Å². The molecular formula is C27H33Cl2NO6S. The summed E-state index contributed by atoms with van der Waals surface area (Å²) in [5, 5.41) is 10.6. The summed E-state index contributed by atoms with van der Waals surface area (Å²) in [7, 11) is -3.64. The van der Waals surface area contributed by atoms with Crippen molar-refractivity contribution in [2.45, 2.75) is 76.0 Å². The van der Waals surface area contributed by atoms with Gasteiger partial charge in [-0.1, -0.05) is 54.4 Å². The van der Waals surface area contributed by atoms with Gasteiger partial charge >= 0.3 is 5.97 Å². The fraction of sp³-hybridized carbons (Fsp3) is 0.481. The van der Waals surface area contributed by atoms with E-state index in [-0.39, 0.29) is 5.75 Å². The fourth-order valence-corrected chi connectivity index (χ4v) is 6.29. The molecule has 1 aliphatic rings. The first kappa shape index (κ1) is 29.4. The molecule has 1 amide bonds. The van der Waals surface area contributed by atoms with E-state index in [1.165, 1.54) is 11.8 Å². The standard InChI is InChI=1S/C27H33Cl2NO6S/c1-6-21(16-37(34,35)26(2,3)4)30-23(17-10-12-19(28)13-11-17)24(18-8-7-9-20(29)14-18)36-27(5,25(30)33)15-22(31)32/h7-14,21,23-24H,6,15-16H2,1-5H3,(H,31,32)/t21-,23?,24+,27-/m0/s1. The van der Waals surface area contributed by atoms with Crippen molar-refractivity contribution in [3.05, 3.63) is 69.7 Å². The first-order chi connectivity index (χ1) is 17.1. The molecule has 1 fully saturated rings. The number of sulfone groups is 1. The Hall–Kier alpha value is -2.13. The number of amides is 1. The molecule has 10 heteroatoms. The Bertz CT molecular complexity index is 1260. The van der Waals surface area contributed by atoms with Gasteiger partial charge in [0.05, 0.1) is 23.0 Å². The third kappa shape index (κ3) is 6.30. The first-order valence-electron chi connectivity index (χ1n) is 12.0. The van der Waals surface area contributed by atoms with E-state index >= 15 is 0 Å². The molecule has 202 valence electrons. The number of aliphatic carboxylic acids is 1. The highest BCUT2D eigenvalue weighted by molar-refractivity contribution is 7.92. The van der Waals surface area contributed by atoms with Gasteiger partial charge in [0.2, 0.25) is 0 Å². The summed E-state index contributed by atoms with van der Waals surface area (Å²) in [5.41, 5.74) is -0.428. The summed E-state index contributed by atoms with van der Waals surface area (Å²) in [4.78, 5) is 27.5. The van der Waals surface area contributed by atoms with Crippen LogP contribution in [0.3, 0.4) is 0 Å². The second-order valence-corrected chi connectivity index (χ2v) is 14.2. The third-order valence-electron chi connectivity index (χ3n) is 6.75. The molecule has 37 heavy (non-hydrogen) atoms. The number of benzene rings is 2. The zero-order chi connectivity index (χ0) is 27.8. The molecule has 7 nitrogen and oxygen atoms in total. The topological polar surface area (TPSA) is 101 Å². The number of rotatable bonds is 8. The zero-order valence-electron chi connectivity index (χ0n) is 21.6. The number of halogens is 2. The van der Waals surface area contributed by atoms with Gasteiger partial charge in [0.1, 0.15) is 6.10 Å². The highest BCUT2D eigenvalue weighted by atomic mass is 35.5. The Morgan fingerprint density at radius 2 is 1.73 bits per heavy atom. The summed E-state index contributed by atoms with van der Waals surface area (Å²) in [5.74, 6) is -2.07. The lowest BCUT2D eigenvalue weighted by Crippen LogP contribution is -2.62. The highest BCUT2D eigenvalue weighted by Crippen LogP contribution is 2.48. The molecule has 0 aliphatic carbocycles. The van der Waals surface area contributed by atoms with E-state index in [4.69, 9.17) is 27.9 Å². The molecule has 0 spiro atoms. The Morgan fingerprint density at radius 1 is 1.11 bits per heavy atom. The predicted molar refractivity (Wildman–Crippen MR) is 145 cm³/mol. The maximum Gasteiger partial charge on any atom is 0.306 e. The van der Waals surface area contributed by atoms with Crippen LogP contribution in [0, 0.1) is 0 Å². The van der Waals surface area contributed by atoms with Crippen LogP contribution in [0.25, 0.3) is 0 Å². The second-order valence-electron chi connectivity index (χ2n) is 10.6. The van der Waals surface area contributed by atoms with Crippen LogP contribution in [0.1, 0.15) is 70.7 Å².